The number of thiophene rings is 1. The molecular formula is C11H14N4S. The van der Waals surface area contributed by atoms with Gasteiger partial charge in [0.25, 0.3) is 0 Å². The third-order valence-electron chi connectivity index (χ3n) is 3.13. The van der Waals surface area contributed by atoms with Gasteiger partial charge in [0.05, 0.1) is 5.39 Å². The molecule has 1 saturated carbocycles. The van der Waals surface area contributed by atoms with Crippen molar-refractivity contribution in [2.75, 3.05) is 5.32 Å². The highest BCUT2D eigenvalue weighted by molar-refractivity contribution is 7.18. The zero-order chi connectivity index (χ0) is 11.3. The Morgan fingerprint density at radius 1 is 1.44 bits per heavy atom. The summed E-state index contributed by atoms with van der Waals surface area (Å²) in [7, 11) is 0. The van der Waals surface area contributed by atoms with Gasteiger partial charge >= 0.3 is 0 Å². The first-order chi connectivity index (χ1) is 7.66. The molecular weight excluding hydrogens is 220 g/mol. The van der Waals surface area contributed by atoms with Gasteiger partial charge in [0.15, 0.2) is 0 Å². The predicted molar refractivity (Wildman–Crippen MR) is 66.9 cm³/mol. The van der Waals surface area contributed by atoms with Crippen LogP contribution in [0.4, 0.5) is 5.82 Å². The van der Waals surface area contributed by atoms with Gasteiger partial charge in [-0.1, -0.05) is 0 Å². The van der Waals surface area contributed by atoms with E-state index in [2.05, 4.69) is 29.1 Å². The van der Waals surface area contributed by atoms with Gasteiger partial charge in [-0.2, -0.15) is 0 Å². The summed E-state index contributed by atoms with van der Waals surface area (Å²) < 4.78 is 0. The van der Waals surface area contributed by atoms with Crippen LogP contribution in [0.15, 0.2) is 6.33 Å². The van der Waals surface area contributed by atoms with Crippen LogP contribution < -0.4 is 11.1 Å². The number of anilines is 1. The molecule has 2 unspecified atom stereocenters. The first-order valence-electron chi connectivity index (χ1n) is 5.39. The molecule has 0 saturated heterocycles. The number of nitrogens with zero attached hydrogens (tertiary/aromatic N) is 2. The lowest BCUT2D eigenvalue weighted by molar-refractivity contribution is 0.996. The lowest BCUT2D eigenvalue weighted by Crippen LogP contribution is -2.14. The maximum absolute atomic E-state index is 5.80. The summed E-state index contributed by atoms with van der Waals surface area (Å²) in [5.41, 5.74) is 7.07. The summed E-state index contributed by atoms with van der Waals surface area (Å²) >= 11 is 1.72. The third kappa shape index (κ3) is 1.47. The lowest BCUT2D eigenvalue weighted by atomic mass is 10.2. The van der Waals surface area contributed by atoms with Gasteiger partial charge in [0.1, 0.15) is 17.0 Å². The summed E-state index contributed by atoms with van der Waals surface area (Å²) in [4.78, 5) is 11.0. The Labute approximate surface area is 97.9 Å². The van der Waals surface area contributed by atoms with Gasteiger partial charge in [0.2, 0.25) is 0 Å². The monoisotopic (exact) mass is 234 g/mol. The van der Waals surface area contributed by atoms with E-state index in [1.54, 1.807) is 17.7 Å². The molecule has 2 heterocycles. The van der Waals surface area contributed by atoms with E-state index in [0.29, 0.717) is 6.04 Å². The number of aromatic nitrogens is 2. The number of hydrogen-bond acceptors (Lipinski definition) is 5. The van der Waals surface area contributed by atoms with Crippen LogP contribution in [0.25, 0.3) is 10.2 Å². The highest BCUT2D eigenvalue weighted by atomic mass is 32.1. The van der Waals surface area contributed by atoms with Crippen LogP contribution in [-0.2, 0) is 0 Å². The summed E-state index contributed by atoms with van der Waals surface area (Å²) in [5.74, 6) is 0.935. The van der Waals surface area contributed by atoms with Gasteiger partial charge in [0, 0.05) is 17.0 Å². The quantitative estimate of drug-likeness (QED) is 0.832. The normalized spacial score (nSPS) is 23.7. The van der Waals surface area contributed by atoms with E-state index >= 15 is 0 Å². The highest BCUT2D eigenvalue weighted by Gasteiger charge is 2.34. The minimum absolute atomic E-state index is 0.282. The number of aryl methyl sites for hydroxylation is 2. The van der Waals surface area contributed by atoms with E-state index in [1.807, 2.05) is 0 Å². The molecule has 0 spiro atoms. The molecule has 3 N–H and O–H groups in total. The molecule has 0 amide bonds. The van der Waals surface area contributed by atoms with E-state index in [-0.39, 0.29) is 6.04 Å². The van der Waals surface area contributed by atoms with Gasteiger partial charge < -0.3 is 11.1 Å². The molecule has 16 heavy (non-hydrogen) atoms. The molecule has 2 atom stereocenters. The average Bonchev–Trinajstić information content (AvgIpc) is 2.85. The first-order valence-corrected chi connectivity index (χ1v) is 6.21. The molecule has 0 aromatic carbocycles. The maximum atomic E-state index is 5.80. The average molecular weight is 234 g/mol. The Morgan fingerprint density at radius 3 is 2.88 bits per heavy atom. The van der Waals surface area contributed by atoms with Gasteiger partial charge in [-0.05, 0) is 25.8 Å². The van der Waals surface area contributed by atoms with Crippen LogP contribution in [0.5, 0.6) is 0 Å². The molecule has 1 fully saturated rings. The minimum Gasteiger partial charge on any atom is -0.365 e. The summed E-state index contributed by atoms with van der Waals surface area (Å²) in [6.07, 6.45) is 2.65. The van der Waals surface area contributed by atoms with E-state index in [4.69, 9.17) is 5.73 Å². The number of nitrogens with two attached hydrogens (primary N) is 1. The topological polar surface area (TPSA) is 63.8 Å². The molecule has 2 aromatic heterocycles. The number of fused-ring (bicyclic) bond motifs is 1. The van der Waals surface area contributed by atoms with Crippen LogP contribution in [-0.4, -0.2) is 22.1 Å². The SMILES string of the molecule is Cc1sc2ncnc(NC3CC3N)c2c1C. The van der Waals surface area contributed by atoms with Crippen LogP contribution in [0.2, 0.25) is 0 Å². The standard InChI is InChI=1S/C11H14N4S/c1-5-6(2)16-11-9(5)10(13-4-14-11)15-8-3-7(8)12/h4,7-8H,3,12H2,1-2H3,(H,13,14,15). The minimum atomic E-state index is 0.282. The second kappa shape index (κ2) is 3.40. The molecule has 2 aromatic rings. The Kier molecular flexibility index (Phi) is 2.12. The van der Waals surface area contributed by atoms with Crippen molar-refractivity contribution in [1.29, 1.82) is 0 Å². The van der Waals surface area contributed by atoms with Crippen LogP contribution in [0.1, 0.15) is 16.9 Å². The van der Waals surface area contributed by atoms with Crippen molar-refractivity contribution >= 4 is 27.4 Å². The third-order valence-corrected chi connectivity index (χ3v) is 4.24. The molecule has 1 aliphatic carbocycles. The van der Waals surface area contributed by atoms with Crippen molar-refractivity contribution in [3.05, 3.63) is 16.8 Å². The zero-order valence-corrected chi connectivity index (χ0v) is 10.1. The Balaban J connectivity index is 2.09. The smallest absolute Gasteiger partial charge is 0.138 e. The summed E-state index contributed by atoms with van der Waals surface area (Å²) in [6.45, 7) is 4.24. The predicted octanol–water partition coefficient (Wildman–Crippen LogP) is 1.82. The fraction of sp³-hybridized carbons (Fsp3) is 0.455. The molecule has 1 aliphatic rings. The van der Waals surface area contributed by atoms with Crippen molar-refractivity contribution in [3.8, 4) is 0 Å². The fourth-order valence-corrected chi connectivity index (χ4v) is 2.84. The molecule has 84 valence electrons. The maximum Gasteiger partial charge on any atom is 0.138 e. The number of hydrogen-bond donors (Lipinski definition) is 2. The number of rotatable bonds is 2. The molecule has 4 nitrogen and oxygen atoms in total. The largest absolute Gasteiger partial charge is 0.365 e. The van der Waals surface area contributed by atoms with Crippen molar-refractivity contribution in [2.24, 2.45) is 5.73 Å². The van der Waals surface area contributed by atoms with Crippen molar-refractivity contribution in [2.45, 2.75) is 32.4 Å². The van der Waals surface area contributed by atoms with E-state index < -0.39 is 0 Å². The Morgan fingerprint density at radius 2 is 2.19 bits per heavy atom. The Bertz CT molecular complexity index is 548. The van der Waals surface area contributed by atoms with Crippen molar-refractivity contribution in [3.63, 3.8) is 0 Å². The molecule has 0 aliphatic heterocycles. The fourth-order valence-electron chi connectivity index (χ4n) is 1.85. The summed E-state index contributed by atoms with van der Waals surface area (Å²) in [6, 6.07) is 0.669. The molecule has 5 heteroatoms. The van der Waals surface area contributed by atoms with Crippen LogP contribution >= 0.6 is 11.3 Å². The molecule has 0 radical (unpaired) electrons. The Hall–Kier alpha value is -1.20. The van der Waals surface area contributed by atoms with Crippen molar-refractivity contribution < 1.29 is 0 Å². The van der Waals surface area contributed by atoms with Gasteiger partial charge in [-0.25, -0.2) is 9.97 Å². The number of nitrogens with one attached hydrogen (secondary N) is 1. The lowest BCUT2D eigenvalue weighted by Gasteiger charge is -2.05. The van der Waals surface area contributed by atoms with Crippen LogP contribution in [0.3, 0.4) is 0 Å². The first kappa shape index (κ1) is 9.99. The second-order valence-corrected chi connectivity index (χ2v) is 5.54. The van der Waals surface area contributed by atoms with E-state index in [0.717, 1.165) is 22.5 Å². The second-order valence-electron chi connectivity index (χ2n) is 4.34. The van der Waals surface area contributed by atoms with E-state index in [1.165, 1.54) is 10.4 Å². The van der Waals surface area contributed by atoms with Crippen LogP contribution in [0, 0.1) is 13.8 Å². The highest BCUT2D eigenvalue weighted by Crippen LogP contribution is 2.34. The van der Waals surface area contributed by atoms with Gasteiger partial charge in [-0.15, -0.1) is 11.3 Å². The van der Waals surface area contributed by atoms with E-state index in [9.17, 15) is 0 Å². The summed E-state index contributed by atoms with van der Waals surface area (Å²) in [5, 5.41) is 4.55. The van der Waals surface area contributed by atoms with Crippen molar-refractivity contribution in [1.82, 2.24) is 9.97 Å². The molecule has 0 bridgehead atoms. The van der Waals surface area contributed by atoms with Gasteiger partial charge in [-0.3, -0.25) is 0 Å². The molecule has 3 rings (SSSR count). The zero-order valence-electron chi connectivity index (χ0n) is 9.32.